The fraction of sp³-hybridized carbons (Fsp3) is 0.0714. The predicted octanol–water partition coefficient (Wildman–Crippen LogP) is 3.33. The number of hydrogen-bond donors (Lipinski definition) is 0. The van der Waals surface area contributed by atoms with Gasteiger partial charge in [-0.3, -0.25) is 15.1 Å². The van der Waals surface area contributed by atoms with Crippen molar-refractivity contribution >= 4 is 17.4 Å². The third kappa shape index (κ3) is 3.29. The van der Waals surface area contributed by atoms with Crippen molar-refractivity contribution in [1.82, 2.24) is 15.2 Å². The zero-order valence-electron chi connectivity index (χ0n) is 11.2. The number of hydrogen-bond acceptors (Lipinski definition) is 7. The maximum atomic E-state index is 10.7. The highest BCUT2D eigenvalue weighted by atomic mass is 32.2. The molecule has 0 N–H and O–H groups in total. The normalized spacial score (nSPS) is 10.5. The van der Waals surface area contributed by atoms with E-state index in [1.807, 2.05) is 12.1 Å². The van der Waals surface area contributed by atoms with Crippen molar-refractivity contribution in [3.8, 4) is 11.6 Å². The van der Waals surface area contributed by atoms with Crippen LogP contribution < -0.4 is 0 Å². The molecule has 0 aliphatic carbocycles. The second-order valence-electron chi connectivity index (χ2n) is 4.30. The summed E-state index contributed by atoms with van der Waals surface area (Å²) in [5.74, 6) is 0.855. The van der Waals surface area contributed by atoms with Gasteiger partial charge in [-0.05, 0) is 17.7 Å². The molecule has 0 aliphatic heterocycles. The Morgan fingerprint density at radius 2 is 2.09 bits per heavy atom. The van der Waals surface area contributed by atoms with Gasteiger partial charge in [0.1, 0.15) is 5.69 Å². The zero-order chi connectivity index (χ0) is 15.4. The lowest BCUT2D eigenvalue weighted by Gasteiger charge is -1.98. The van der Waals surface area contributed by atoms with Crippen molar-refractivity contribution in [3.63, 3.8) is 0 Å². The molecule has 0 bridgehead atoms. The maximum Gasteiger partial charge on any atom is 0.277 e. The summed E-state index contributed by atoms with van der Waals surface area (Å²) in [6.45, 7) is 0. The molecule has 0 fully saturated rings. The molecule has 0 atom stereocenters. The van der Waals surface area contributed by atoms with Crippen molar-refractivity contribution in [2.24, 2.45) is 0 Å². The van der Waals surface area contributed by atoms with Gasteiger partial charge in [0.05, 0.1) is 4.92 Å². The molecule has 0 saturated heterocycles. The molecule has 3 rings (SSSR count). The molecule has 3 aromatic rings. The van der Waals surface area contributed by atoms with E-state index in [4.69, 9.17) is 4.42 Å². The highest BCUT2D eigenvalue weighted by molar-refractivity contribution is 7.98. The Morgan fingerprint density at radius 3 is 2.86 bits per heavy atom. The monoisotopic (exact) mass is 314 g/mol. The molecular weight excluding hydrogens is 304 g/mol. The van der Waals surface area contributed by atoms with Crippen molar-refractivity contribution in [1.29, 1.82) is 0 Å². The molecule has 0 saturated carbocycles. The summed E-state index contributed by atoms with van der Waals surface area (Å²) in [5.41, 5.74) is 1.49. The van der Waals surface area contributed by atoms with Crippen LogP contribution in [0.5, 0.6) is 0 Å². The van der Waals surface area contributed by atoms with Crippen LogP contribution in [-0.2, 0) is 5.75 Å². The standard InChI is InChI=1S/C14H10N4O3S/c19-18(20)11-5-3-4-10(8-11)9-22-14-17-16-13(21-14)12-6-1-2-7-15-12/h1-8H,9H2. The van der Waals surface area contributed by atoms with Gasteiger partial charge in [-0.2, -0.15) is 0 Å². The number of rotatable bonds is 5. The molecule has 0 radical (unpaired) electrons. The smallest absolute Gasteiger partial charge is 0.277 e. The lowest BCUT2D eigenvalue weighted by molar-refractivity contribution is -0.384. The van der Waals surface area contributed by atoms with Gasteiger partial charge in [0.2, 0.25) is 0 Å². The summed E-state index contributed by atoms with van der Waals surface area (Å²) in [6, 6.07) is 11.9. The van der Waals surface area contributed by atoms with Crippen LogP contribution in [0.15, 0.2) is 58.3 Å². The molecule has 0 unspecified atom stereocenters. The number of non-ortho nitro benzene ring substituents is 1. The number of nitro benzene ring substituents is 1. The van der Waals surface area contributed by atoms with Crippen LogP contribution in [0.1, 0.15) is 5.56 Å². The summed E-state index contributed by atoms with van der Waals surface area (Å²) >= 11 is 1.32. The summed E-state index contributed by atoms with van der Waals surface area (Å²) in [4.78, 5) is 14.5. The molecule has 0 aliphatic rings. The average molecular weight is 314 g/mol. The minimum Gasteiger partial charge on any atom is -0.410 e. The van der Waals surface area contributed by atoms with Gasteiger partial charge >= 0.3 is 0 Å². The van der Waals surface area contributed by atoms with Gasteiger partial charge in [0.25, 0.3) is 16.8 Å². The van der Waals surface area contributed by atoms with Gasteiger partial charge in [0, 0.05) is 24.1 Å². The molecule has 7 nitrogen and oxygen atoms in total. The first-order chi connectivity index (χ1) is 10.7. The van der Waals surface area contributed by atoms with Crippen molar-refractivity contribution in [3.05, 3.63) is 64.3 Å². The summed E-state index contributed by atoms with van der Waals surface area (Å²) in [5, 5.41) is 19.0. The van der Waals surface area contributed by atoms with Gasteiger partial charge in [0.15, 0.2) is 0 Å². The summed E-state index contributed by atoms with van der Waals surface area (Å²) in [6.07, 6.45) is 1.65. The maximum absolute atomic E-state index is 10.7. The quantitative estimate of drug-likeness (QED) is 0.405. The molecule has 0 spiro atoms. The fourth-order valence-electron chi connectivity index (χ4n) is 1.77. The second-order valence-corrected chi connectivity index (χ2v) is 5.23. The van der Waals surface area contributed by atoms with Gasteiger partial charge in [-0.1, -0.05) is 30.0 Å². The highest BCUT2D eigenvalue weighted by Crippen LogP contribution is 2.25. The number of nitro groups is 1. The van der Waals surface area contributed by atoms with E-state index in [9.17, 15) is 10.1 Å². The van der Waals surface area contributed by atoms with Crippen LogP contribution in [0.4, 0.5) is 5.69 Å². The second kappa shape index (κ2) is 6.35. The van der Waals surface area contributed by atoms with Gasteiger partial charge in [-0.15, -0.1) is 10.2 Å². The topological polar surface area (TPSA) is 95.0 Å². The van der Waals surface area contributed by atoms with Crippen LogP contribution in [0.25, 0.3) is 11.6 Å². The molecule has 2 heterocycles. The van der Waals surface area contributed by atoms with Crippen LogP contribution in [0, 0.1) is 10.1 Å². The van der Waals surface area contributed by atoms with Crippen molar-refractivity contribution in [2.75, 3.05) is 0 Å². The van der Waals surface area contributed by atoms with Crippen molar-refractivity contribution < 1.29 is 9.34 Å². The van der Waals surface area contributed by atoms with E-state index in [0.29, 0.717) is 22.6 Å². The Hall–Kier alpha value is -2.74. The molecule has 110 valence electrons. The highest BCUT2D eigenvalue weighted by Gasteiger charge is 2.11. The van der Waals surface area contributed by atoms with E-state index in [2.05, 4.69) is 15.2 Å². The Bertz CT molecular complexity index is 792. The first kappa shape index (κ1) is 14.2. The Morgan fingerprint density at radius 1 is 1.18 bits per heavy atom. The Labute approximate surface area is 129 Å². The van der Waals surface area contributed by atoms with Crippen LogP contribution in [0.2, 0.25) is 0 Å². The number of pyridine rings is 1. The Kier molecular flexibility index (Phi) is 4.10. The minimum absolute atomic E-state index is 0.0674. The molecule has 22 heavy (non-hydrogen) atoms. The van der Waals surface area contributed by atoms with E-state index in [1.54, 1.807) is 24.4 Å². The van der Waals surface area contributed by atoms with E-state index in [1.165, 1.54) is 23.9 Å². The molecule has 1 aromatic carbocycles. The number of nitrogens with zero attached hydrogens (tertiary/aromatic N) is 4. The number of benzene rings is 1. The Balaban J connectivity index is 1.69. The first-order valence-corrected chi connectivity index (χ1v) is 7.32. The minimum atomic E-state index is -0.417. The van der Waals surface area contributed by atoms with Gasteiger partial charge in [-0.25, -0.2) is 0 Å². The molecular formula is C14H10N4O3S. The lowest BCUT2D eigenvalue weighted by atomic mass is 10.2. The summed E-state index contributed by atoms with van der Waals surface area (Å²) in [7, 11) is 0. The SMILES string of the molecule is O=[N+]([O-])c1cccc(CSc2nnc(-c3ccccn3)o2)c1. The van der Waals surface area contributed by atoms with Crippen molar-refractivity contribution in [2.45, 2.75) is 11.0 Å². The third-order valence-electron chi connectivity index (χ3n) is 2.77. The lowest BCUT2D eigenvalue weighted by Crippen LogP contribution is -1.89. The average Bonchev–Trinajstić information content (AvgIpc) is 3.03. The molecule has 0 amide bonds. The van der Waals surface area contributed by atoms with Crippen LogP contribution in [-0.4, -0.2) is 20.1 Å². The van der Waals surface area contributed by atoms with E-state index in [-0.39, 0.29) is 5.69 Å². The zero-order valence-corrected chi connectivity index (χ0v) is 12.1. The van der Waals surface area contributed by atoms with E-state index in [0.717, 1.165) is 5.56 Å². The summed E-state index contributed by atoms with van der Waals surface area (Å²) < 4.78 is 5.51. The first-order valence-electron chi connectivity index (χ1n) is 6.33. The van der Waals surface area contributed by atoms with Gasteiger partial charge < -0.3 is 4.42 Å². The van der Waals surface area contributed by atoms with E-state index < -0.39 is 4.92 Å². The number of aromatic nitrogens is 3. The molecule has 8 heteroatoms. The predicted molar refractivity (Wildman–Crippen MR) is 80.2 cm³/mol. The largest absolute Gasteiger partial charge is 0.410 e. The van der Waals surface area contributed by atoms with Crippen LogP contribution >= 0.6 is 11.8 Å². The van der Waals surface area contributed by atoms with E-state index >= 15 is 0 Å². The molecule has 2 aromatic heterocycles. The number of thioether (sulfide) groups is 1. The van der Waals surface area contributed by atoms with Crippen LogP contribution in [0.3, 0.4) is 0 Å². The fourth-order valence-corrected chi connectivity index (χ4v) is 2.47. The third-order valence-corrected chi connectivity index (χ3v) is 3.66.